The first-order chi connectivity index (χ1) is 22.1. The number of rotatable bonds is 3. The molecule has 0 fully saturated rings. The summed E-state index contributed by atoms with van der Waals surface area (Å²) < 4.78 is 47.7. The van der Waals surface area contributed by atoms with Crippen LogP contribution in [-0.4, -0.2) is 15.0 Å². The number of thiophene rings is 1. The first kappa shape index (κ1) is 24.7. The molecule has 0 saturated heterocycles. The molecule has 1 radical (unpaired) electrons. The fourth-order valence-electron chi connectivity index (χ4n) is 4.86. The number of aromatic nitrogens is 3. The number of para-hydroxylation sites is 1. The molecule has 5 heterocycles. The van der Waals surface area contributed by atoms with E-state index in [0.717, 1.165) is 42.6 Å². The number of furan rings is 1. The van der Waals surface area contributed by atoms with Gasteiger partial charge in [0.2, 0.25) is 5.71 Å². The molecule has 43 heavy (non-hydrogen) atoms. The minimum atomic E-state index is -2.32. The monoisotopic (exact) mass is 766 g/mol. The van der Waals surface area contributed by atoms with Gasteiger partial charge in [-0.25, -0.2) is 4.98 Å². The molecule has 7 aromatic rings. The maximum atomic E-state index is 8.89. The standard InChI is InChI=1S/C25H24N2OS.C12H10N.Ir/c1-14-9-10-17-16-7-6-8-18(23(16)28-24(17)27-14)21-11-19-20(12-25(3,4)5)15(2)29-22(19)13-26-21;1-10-7-8-12(13-9-10)11-5-3-2-4-6-11;/h6-11,13H,12H2,1-5H3;2-5,7-9H,1H3;/q;-1;/i1D3,12D2;;. The third kappa shape index (κ3) is 6.62. The molecule has 0 aliphatic carbocycles. The van der Waals surface area contributed by atoms with Crippen LogP contribution in [0.4, 0.5) is 0 Å². The molecule has 0 saturated carbocycles. The Labute approximate surface area is 277 Å². The SMILES string of the molecule is Cc1ccc(-c2[c-]cccc2)nc1.[2H]C([2H])([2H])c1ccc2c(n1)oc1c(-c3cc4c(C([2H])([2H])C(C)(C)C)c(C)sc4cn3)cccc12.[Ir]. The van der Waals surface area contributed by atoms with Crippen molar-refractivity contribution < 1.29 is 31.4 Å². The Balaban J connectivity index is 0.000000270. The van der Waals surface area contributed by atoms with Gasteiger partial charge in [0.05, 0.1) is 10.4 Å². The van der Waals surface area contributed by atoms with Crippen LogP contribution in [0.2, 0.25) is 0 Å². The Morgan fingerprint density at radius 2 is 1.74 bits per heavy atom. The van der Waals surface area contributed by atoms with Crippen LogP contribution in [0, 0.1) is 32.2 Å². The molecular weight excluding hydrogens is 727 g/mol. The largest absolute Gasteiger partial charge is 0.437 e. The van der Waals surface area contributed by atoms with Crippen molar-refractivity contribution in [2.45, 2.75) is 47.8 Å². The quantitative estimate of drug-likeness (QED) is 0.168. The third-order valence-corrected chi connectivity index (χ3v) is 7.84. The van der Waals surface area contributed by atoms with Crippen molar-refractivity contribution in [3.8, 4) is 22.5 Å². The van der Waals surface area contributed by atoms with Crippen molar-refractivity contribution in [1.29, 1.82) is 0 Å². The maximum Gasteiger partial charge on any atom is 0.227 e. The molecule has 0 bridgehead atoms. The average Bonchev–Trinajstić information content (AvgIpc) is 3.57. The molecule has 0 spiro atoms. The van der Waals surface area contributed by atoms with Gasteiger partial charge in [0.1, 0.15) is 5.58 Å². The Morgan fingerprint density at radius 3 is 2.47 bits per heavy atom. The van der Waals surface area contributed by atoms with Gasteiger partial charge >= 0.3 is 0 Å². The van der Waals surface area contributed by atoms with E-state index in [1.807, 2.05) is 95.4 Å². The van der Waals surface area contributed by atoms with E-state index in [2.05, 4.69) is 27.1 Å². The normalized spacial score (nSPS) is 13.7. The smallest absolute Gasteiger partial charge is 0.227 e. The zero-order valence-electron chi connectivity index (χ0n) is 29.6. The molecule has 6 heteroatoms. The van der Waals surface area contributed by atoms with E-state index in [1.54, 1.807) is 23.6 Å². The van der Waals surface area contributed by atoms with Crippen LogP contribution in [0.25, 0.3) is 54.7 Å². The van der Waals surface area contributed by atoms with E-state index in [0.29, 0.717) is 16.8 Å². The summed E-state index contributed by atoms with van der Waals surface area (Å²) in [5.74, 6) is 0. The van der Waals surface area contributed by atoms with Crippen molar-refractivity contribution in [3.63, 3.8) is 0 Å². The van der Waals surface area contributed by atoms with Crippen LogP contribution in [-0.2, 0) is 26.5 Å². The summed E-state index contributed by atoms with van der Waals surface area (Å²) in [5.41, 5.74) is 5.57. The van der Waals surface area contributed by atoms with E-state index < -0.39 is 18.6 Å². The Morgan fingerprint density at radius 1 is 0.907 bits per heavy atom. The Bertz CT molecular complexity index is 2220. The molecule has 0 aliphatic heterocycles. The number of aryl methyl sites for hydroxylation is 3. The molecular formula is C37H34IrN3OS-. The van der Waals surface area contributed by atoms with Crippen molar-refractivity contribution in [3.05, 3.63) is 113 Å². The van der Waals surface area contributed by atoms with Gasteiger partial charge in [0, 0.05) is 66.3 Å². The van der Waals surface area contributed by atoms with Gasteiger partial charge in [-0.3, -0.25) is 4.98 Å². The summed E-state index contributed by atoms with van der Waals surface area (Å²) in [6, 6.07) is 26.0. The molecule has 7 rings (SSSR count). The van der Waals surface area contributed by atoms with Gasteiger partial charge in [-0.15, -0.1) is 47.2 Å². The molecule has 0 unspecified atom stereocenters. The first-order valence-electron chi connectivity index (χ1n) is 16.3. The molecule has 0 amide bonds. The van der Waals surface area contributed by atoms with Gasteiger partial charge in [-0.2, -0.15) is 0 Å². The fraction of sp³-hybridized carbons (Fsp3) is 0.216. The zero-order valence-corrected chi connectivity index (χ0v) is 27.8. The summed E-state index contributed by atoms with van der Waals surface area (Å²) in [6.45, 7) is 7.40. The van der Waals surface area contributed by atoms with Crippen LogP contribution in [0.5, 0.6) is 0 Å². The van der Waals surface area contributed by atoms with E-state index >= 15 is 0 Å². The topological polar surface area (TPSA) is 51.8 Å². The van der Waals surface area contributed by atoms with Gasteiger partial charge in [-0.05, 0) is 79.0 Å². The van der Waals surface area contributed by atoms with Crippen molar-refractivity contribution in [2.24, 2.45) is 5.41 Å². The van der Waals surface area contributed by atoms with Crippen LogP contribution >= 0.6 is 11.3 Å². The second-order valence-electron chi connectivity index (χ2n) is 11.3. The van der Waals surface area contributed by atoms with Crippen LogP contribution in [0.3, 0.4) is 0 Å². The Kier molecular flexibility index (Phi) is 7.18. The number of benzene rings is 2. The fourth-order valence-corrected chi connectivity index (χ4v) is 5.83. The van der Waals surface area contributed by atoms with E-state index in [-0.39, 0.29) is 31.5 Å². The second-order valence-corrected chi connectivity index (χ2v) is 12.6. The number of hydrogen-bond acceptors (Lipinski definition) is 5. The van der Waals surface area contributed by atoms with Crippen molar-refractivity contribution in [2.75, 3.05) is 0 Å². The summed E-state index contributed by atoms with van der Waals surface area (Å²) >= 11 is 1.55. The zero-order chi connectivity index (χ0) is 33.7. The van der Waals surface area contributed by atoms with Crippen LogP contribution in [0.1, 0.15) is 49.3 Å². The summed E-state index contributed by atoms with van der Waals surface area (Å²) in [5, 5.41) is 2.41. The van der Waals surface area contributed by atoms with Gasteiger partial charge in [0.15, 0.2) is 0 Å². The van der Waals surface area contributed by atoms with Gasteiger partial charge in [-0.1, -0.05) is 45.0 Å². The number of hydrogen-bond donors (Lipinski definition) is 0. The second kappa shape index (κ2) is 12.5. The van der Waals surface area contributed by atoms with Gasteiger partial charge < -0.3 is 9.40 Å². The van der Waals surface area contributed by atoms with Crippen molar-refractivity contribution >= 4 is 43.5 Å². The molecule has 219 valence electrons. The molecule has 0 N–H and O–H groups in total. The number of fused-ring (bicyclic) bond motifs is 4. The summed E-state index contributed by atoms with van der Waals surface area (Å²) in [4.78, 5) is 14.2. The third-order valence-electron chi connectivity index (χ3n) is 6.79. The predicted molar refractivity (Wildman–Crippen MR) is 176 cm³/mol. The molecule has 0 aliphatic rings. The van der Waals surface area contributed by atoms with Crippen LogP contribution < -0.4 is 0 Å². The maximum absolute atomic E-state index is 8.89. The average molecular weight is 766 g/mol. The van der Waals surface area contributed by atoms with Crippen LogP contribution in [0.15, 0.2) is 89.6 Å². The minimum Gasteiger partial charge on any atom is -0.437 e. The van der Waals surface area contributed by atoms with Gasteiger partial charge in [0.25, 0.3) is 0 Å². The van der Waals surface area contributed by atoms with E-state index in [9.17, 15) is 0 Å². The molecule has 0 atom stereocenters. The summed E-state index contributed by atoms with van der Waals surface area (Å²) in [6.07, 6.45) is 2.13. The molecule has 4 nitrogen and oxygen atoms in total. The van der Waals surface area contributed by atoms with E-state index in [1.165, 1.54) is 11.6 Å². The van der Waals surface area contributed by atoms with Crippen molar-refractivity contribution in [1.82, 2.24) is 15.0 Å². The Hall–Kier alpha value is -3.70. The van der Waals surface area contributed by atoms with E-state index in [4.69, 9.17) is 11.3 Å². The minimum absolute atomic E-state index is 0. The first-order valence-corrected chi connectivity index (χ1v) is 14.6. The number of nitrogens with zero attached hydrogens (tertiary/aromatic N) is 3. The molecule has 2 aromatic carbocycles. The number of pyridine rings is 3. The molecule has 5 aromatic heterocycles. The summed E-state index contributed by atoms with van der Waals surface area (Å²) in [7, 11) is 0. The predicted octanol–water partition coefficient (Wildman–Crippen LogP) is 10.3.